The maximum Gasteiger partial charge on any atom is 0.360 e. The van der Waals surface area contributed by atoms with Crippen LogP contribution in [0.1, 0.15) is 55.2 Å². The van der Waals surface area contributed by atoms with Gasteiger partial charge in [0.2, 0.25) is 0 Å². The number of carbonyl (C=O) groups excluding carboxylic acids is 1. The molecule has 1 aliphatic carbocycles. The number of esters is 1. The first-order valence-corrected chi connectivity index (χ1v) is 6.96. The molecule has 6 nitrogen and oxygen atoms in total. The molecule has 0 unspecified atom stereocenters. The molecule has 6 heteroatoms. The van der Waals surface area contributed by atoms with Crippen LogP contribution in [-0.4, -0.2) is 40.8 Å². The first kappa shape index (κ1) is 14.0. The van der Waals surface area contributed by atoms with E-state index in [1.807, 2.05) is 11.6 Å². The smallest absolute Gasteiger partial charge is 0.360 e. The van der Waals surface area contributed by atoms with E-state index in [0.717, 1.165) is 38.1 Å². The minimum Gasteiger partial charge on any atom is -0.461 e. The second kappa shape index (κ2) is 6.65. The number of hydrogen-bond acceptors (Lipinski definition) is 5. The number of aryl methyl sites for hydroxylation is 1. The van der Waals surface area contributed by atoms with Gasteiger partial charge in [-0.05, 0) is 33.1 Å². The highest BCUT2D eigenvalue weighted by atomic mass is 16.5. The summed E-state index contributed by atoms with van der Waals surface area (Å²) in [6, 6.07) is 0. The van der Waals surface area contributed by atoms with Crippen LogP contribution in [-0.2, 0) is 16.0 Å². The van der Waals surface area contributed by atoms with Crippen molar-refractivity contribution >= 4 is 5.97 Å². The Morgan fingerprint density at radius 2 is 2.16 bits per heavy atom. The van der Waals surface area contributed by atoms with E-state index in [1.54, 1.807) is 6.92 Å². The normalized spacial score (nSPS) is 14.6. The van der Waals surface area contributed by atoms with Crippen molar-refractivity contribution in [3.63, 3.8) is 0 Å². The fourth-order valence-corrected chi connectivity index (χ4v) is 2.05. The fraction of sp³-hybridized carbons (Fsp3) is 0.769. The Morgan fingerprint density at radius 1 is 1.37 bits per heavy atom. The van der Waals surface area contributed by atoms with Gasteiger partial charge < -0.3 is 9.47 Å². The first-order chi connectivity index (χ1) is 9.27. The quantitative estimate of drug-likeness (QED) is 0.530. The molecule has 1 aliphatic rings. The molecule has 1 fully saturated rings. The lowest BCUT2D eigenvalue weighted by molar-refractivity contribution is 0.0518. The lowest BCUT2D eigenvalue weighted by atomic mass is 10.2. The highest BCUT2D eigenvalue weighted by Crippen LogP contribution is 2.41. The van der Waals surface area contributed by atoms with Crippen LogP contribution in [0.5, 0.6) is 0 Å². The van der Waals surface area contributed by atoms with Crippen molar-refractivity contribution in [2.45, 2.75) is 45.6 Å². The summed E-state index contributed by atoms with van der Waals surface area (Å²) in [5.74, 6) is 0.0574. The van der Waals surface area contributed by atoms with Crippen LogP contribution < -0.4 is 0 Å². The molecule has 0 amide bonds. The molecular formula is C13H21N3O3. The van der Waals surface area contributed by atoms with Crippen LogP contribution in [0.3, 0.4) is 0 Å². The third kappa shape index (κ3) is 3.53. The van der Waals surface area contributed by atoms with Crippen LogP contribution in [0, 0.1) is 0 Å². The zero-order valence-corrected chi connectivity index (χ0v) is 11.6. The average Bonchev–Trinajstić information content (AvgIpc) is 3.15. The predicted molar refractivity (Wildman–Crippen MR) is 69.1 cm³/mol. The summed E-state index contributed by atoms with van der Waals surface area (Å²) in [4.78, 5) is 11.8. The topological polar surface area (TPSA) is 66.2 Å². The van der Waals surface area contributed by atoms with Gasteiger partial charge >= 0.3 is 5.97 Å². The summed E-state index contributed by atoms with van der Waals surface area (Å²) in [6.45, 7) is 6.29. The second-order valence-corrected chi connectivity index (χ2v) is 4.59. The Morgan fingerprint density at radius 3 is 2.79 bits per heavy atom. The number of carbonyl (C=O) groups is 1. The van der Waals surface area contributed by atoms with E-state index >= 15 is 0 Å². The molecule has 0 N–H and O–H groups in total. The molecular weight excluding hydrogens is 246 g/mol. The monoisotopic (exact) mass is 267 g/mol. The van der Waals surface area contributed by atoms with E-state index in [2.05, 4.69) is 10.3 Å². The summed E-state index contributed by atoms with van der Waals surface area (Å²) in [7, 11) is 0. The van der Waals surface area contributed by atoms with Gasteiger partial charge in [0, 0.05) is 25.7 Å². The van der Waals surface area contributed by atoms with Crippen LogP contribution in [0.4, 0.5) is 0 Å². The van der Waals surface area contributed by atoms with Crippen molar-refractivity contribution < 1.29 is 14.3 Å². The molecule has 0 bridgehead atoms. The SMILES string of the molecule is CCOCCCn1nnc(C(=O)OCC)c1C1CC1. The zero-order chi connectivity index (χ0) is 13.7. The zero-order valence-electron chi connectivity index (χ0n) is 11.6. The molecule has 1 heterocycles. The van der Waals surface area contributed by atoms with Crippen molar-refractivity contribution in [1.82, 2.24) is 15.0 Å². The maximum absolute atomic E-state index is 11.8. The van der Waals surface area contributed by atoms with Gasteiger partial charge in [0.15, 0.2) is 5.69 Å². The van der Waals surface area contributed by atoms with E-state index in [-0.39, 0.29) is 5.97 Å². The van der Waals surface area contributed by atoms with Crippen molar-refractivity contribution in [2.75, 3.05) is 19.8 Å². The van der Waals surface area contributed by atoms with Crippen LogP contribution in [0.2, 0.25) is 0 Å². The Kier molecular flexibility index (Phi) is 4.90. The molecule has 0 saturated heterocycles. The van der Waals surface area contributed by atoms with Crippen molar-refractivity contribution in [2.24, 2.45) is 0 Å². The largest absolute Gasteiger partial charge is 0.461 e. The third-order valence-corrected chi connectivity index (χ3v) is 3.07. The number of rotatable bonds is 8. The minimum absolute atomic E-state index is 0.361. The summed E-state index contributed by atoms with van der Waals surface area (Å²) >= 11 is 0. The Bertz CT molecular complexity index is 427. The highest BCUT2D eigenvalue weighted by molar-refractivity contribution is 5.88. The molecule has 1 aromatic heterocycles. The average molecular weight is 267 g/mol. The number of hydrogen-bond donors (Lipinski definition) is 0. The van der Waals surface area contributed by atoms with E-state index in [1.165, 1.54) is 0 Å². The first-order valence-electron chi connectivity index (χ1n) is 6.96. The fourth-order valence-electron chi connectivity index (χ4n) is 2.05. The molecule has 1 aromatic rings. The Hall–Kier alpha value is -1.43. The minimum atomic E-state index is -0.361. The van der Waals surface area contributed by atoms with E-state index in [0.29, 0.717) is 24.8 Å². The molecule has 0 aromatic carbocycles. The highest BCUT2D eigenvalue weighted by Gasteiger charge is 2.34. The lowest BCUT2D eigenvalue weighted by Gasteiger charge is -2.06. The number of ether oxygens (including phenoxy) is 2. The van der Waals surface area contributed by atoms with E-state index < -0.39 is 0 Å². The van der Waals surface area contributed by atoms with Gasteiger partial charge in [-0.3, -0.25) is 0 Å². The Labute approximate surface area is 113 Å². The molecule has 19 heavy (non-hydrogen) atoms. The van der Waals surface area contributed by atoms with E-state index in [9.17, 15) is 4.79 Å². The third-order valence-electron chi connectivity index (χ3n) is 3.07. The lowest BCUT2D eigenvalue weighted by Crippen LogP contribution is -2.11. The van der Waals surface area contributed by atoms with Gasteiger partial charge in [-0.15, -0.1) is 5.10 Å². The van der Waals surface area contributed by atoms with E-state index in [4.69, 9.17) is 9.47 Å². The number of nitrogens with zero attached hydrogens (tertiary/aromatic N) is 3. The van der Waals surface area contributed by atoms with Gasteiger partial charge in [0.1, 0.15) is 0 Å². The van der Waals surface area contributed by atoms with Gasteiger partial charge in [-0.2, -0.15) is 0 Å². The standard InChI is InChI=1S/C13H21N3O3/c1-3-18-9-5-8-16-12(10-6-7-10)11(14-15-16)13(17)19-4-2/h10H,3-9H2,1-2H3. The molecule has 0 spiro atoms. The molecule has 0 aliphatic heterocycles. The van der Waals surface area contributed by atoms with Gasteiger partial charge in [0.05, 0.1) is 12.3 Å². The van der Waals surface area contributed by atoms with Crippen LogP contribution in [0.15, 0.2) is 0 Å². The summed E-state index contributed by atoms with van der Waals surface area (Å²) < 4.78 is 12.2. The molecule has 2 rings (SSSR count). The van der Waals surface area contributed by atoms with Gasteiger partial charge in [-0.1, -0.05) is 5.21 Å². The summed E-state index contributed by atoms with van der Waals surface area (Å²) in [5, 5.41) is 8.08. The molecule has 0 atom stereocenters. The molecule has 1 saturated carbocycles. The predicted octanol–water partition coefficient (Wildman–Crippen LogP) is 1.76. The molecule has 0 radical (unpaired) electrons. The maximum atomic E-state index is 11.8. The van der Waals surface area contributed by atoms with Crippen LogP contribution >= 0.6 is 0 Å². The Balaban J connectivity index is 2.04. The summed E-state index contributed by atoms with van der Waals surface area (Å²) in [6.07, 6.45) is 3.08. The van der Waals surface area contributed by atoms with Crippen LogP contribution in [0.25, 0.3) is 0 Å². The summed E-state index contributed by atoms with van der Waals surface area (Å²) in [5.41, 5.74) is 1.33. The second-order valence-electron chi connectivity index (χ2n) is 4.59. The number of aromatic nitrogens is 3. The van der Waals surface area contributed by atoms with Gasteiger partial charge in [0.25, 0.3) is 0 Å². The van der Waals surface area contributed by atoms with Crippen molar-refractivity contribution in [3.05, 3.63) is 11.4 Å². The molecule has 106 valence electrons. The van der Waals surface area contributed by atoms with Crippen molar-refractivity contribution in [1.29, 1.82) is 0 Å². The van der Waals surface area contributed by atoms with Gasteiger partial charge in [-0.25, -0.2) is 9.48 Å². The van der Waals surface area contributed by atoms with Crippen molar-refractivity contribution in [3.8, 4) is 0 Å².